The maximum Gasteiger partial charge on any atom is 0.0681 e. The first kappa shape index (κ1) is 24.1. The zero-order chi connectivity index (χ0) is 20.3. The molecule has 3 heteroatoms. The van der Waals surface area contributed by atoms with Crippen molar-refractivity contribution in [2.24, 2.45) is 5.92 Å². The summed E-state index contributed by atoms with van der Waals surface area (Å²) in [5.41, 5.74) is 2.28. The molecule has 0 saturated heterocycles. The van der Waals surface area contributed by atoms with Gasteiger partial charge in [-0.25, -0.2) is 0 Å². The fraction of sp³-hybridized carbons (Fsp3) is 0.750. The quantitative estimate of drug-likeness (QED) is 0.428. The van der Waals surface area contributed by atoms with E-state index in [9.17, 15) is 0 Å². The third-order valence-electron chi connectivity index (χ3n) is 6.42. The van der Waals surface area contributed by atoms with E-state index in [0.717, 1.165) is 50.3 Å². The van der Waals surface area contributed by atoms with E-state index in [2.05, 4.69) is 59.0 Å². The van der Waals surface area contributed by atoms with Gasteiger partial charge in [-0.3, -0.25) is 0 Å². The van der Waals surface area contributed by atoms with Gasteiger partial charge in [-0.15, -0.1) is 0 Å². The Morgan fingerprint density at radius 1 is 1.00 bits per heavy atom. The molecule has 0 aliphatic heterocycles. The molecule has 0 radical (unpaired) electrons. The van der Waals surface area contributed by atoms with Crippen LogP contribution in [0.4, 0.5) is 0 Å². The molecule has 1 aromatic carbocycles. The number of aliphatic hydroxyl groups is 1. The summed E-state index contributed by atoms with van der Waals surface area (Å²) in [6.07, 6.45) is 6.78. The molecule has 0 bridgehead atoms. The molecule has 3 unspecified atom stereocenters. The van der Waals surface area contributed by atoms with Crippen molar-refractivity contribution in [1.82, 2.24) is 5.32 Å². The van der Waals surface area contributed by atoms with E-state index >= 15 is 0 Å². The molecule has 0 aromatic heterocycles. The summed E-state index contributed by atoms with van der Waals surface area (Å²) in [6.45, 7) is 15.4. The van der Waals surface area contributed by atoms with Gasteiger partial charge in [-0.2, -0.15) is 0 Å². The lowest BCUT2D eigenvalue weighted by molar-refractivity contribution is -0.0512. The molecule has 0 aliphatic carbocycles. The number of hydrogen-bond acceptors (Lipinski definition) is 3. The fourth-order valence-electron chi connectivity index (χ4n) is 3.10. The van der Waals surface area contributed by atoms with Crippen molar-refractivity contribution in [3.05, 3.63) is 35.4 Å². The first-order valence-electron chi connectivity index (χ1n) is 10.9. The highest BCUT2D eigenvalue weighted by molar-refractivity contribution is 5.22. The van der Waals surface area contributed by atoms with E-state index in [1.165, 1.54) is 18.4 Å². The minimum absolute atomic E-state index is 0.00178. The SMILES string of the molecule is CCC(C)CCC(C)(CC)OCCC(C)(CC)NCc1ccc(CO)cc1. The molecule has 0 spiro atoms. The van der Waals surface area contributed by atoms with Gasteiger partial charge in [0.2, 0.25) is 0 Å². The molecule has 156 valence electrons. The van der Waals surface area contributed by atoms with Gasteiger partial charge in [0.1, 0.15) is 0 Å². The van der Waals surface area contributed by atoms with Crippen LogP contribution in [0.1, 0.15) is 91.2 Å². The Labute approximate surface area is 167 Å². The Hall–Kier alpha value is -0.900. The molecule has 0 fully saturated rings. The highest BCUT2D eigenvalue weighted by Gasteiger charge is 2.26. The highest BCUT2D eigenvalue weighted by Crippen LogP contribution is 2.26. The van der Waals surface area contributed by atoms with E-state index in [1.54, 1.807) is 0 Å². The predicted octanol–water partition coefficient (Wildman–Crippen LogP) is 5.84. The second-order valence-electron chi connectivity index (χ2n) is 8.70. The average Bonchev–Trinajstić information content (AvgIpc) is 2.70. The standard InChI is InChI=1S/C24H43NO2/c1-7-20(4)14-15-24(6,9-3)27-17-16-23(5,8-2)25-18-21-10-12-22(19-26)13-11-21/h10-13,20,25-26H,7-9,14-19H2,1-6H3. The molecule has 1 rings (SSSR count). The van der Waals surface area contributed by atoms with Gasteiger partial charge in [0.05, 0.1) is 12.2 Å². The molecule has 0 aliphatic rings. The average molecular weight is 378 g/mol. The Bertz CT molecular complexity index is 516. The summed E-state index contributed by atoms with van der Waals surface area (Å²) < 4.78 is 6.39. The zero-order valence-corrected chi connectivity index (χ0v) is 18.6. The van der Waals surface area contributed by atoms with Crippen LogP contribution in [0.3, 0.4) is 0 Å². The first-order valence-corrected chi connectivity index (χ1v) is 10.9. The van der Waals surface area contributed by atoms with Crippen LogP contribution in [-0.4, -0.2) is 22.9 Å². The molecule has 0 saturated carbocycles. The fourth-order valence-corrected chi connectivity index (χ4v) is 3.10. The normalized spacial score (nSPS) is 17.3. The summed E-state index contributed by atoms with van der Waals surface area (Å²) >= 11 is 0. The third kappa shape index (κ3) is 8.76. The van der Waals surface area contributed by atoms with Gasteiger partial charge in [-0.05, 0) is 63.0 Å². The van der Waals surface area contributed by atoms with Crippen molar-refractivity contribution in [3.8, 4) is 0 Å². The Balaban J connectivity index is 2.49. The summed E-state index contributed by atoms with van der Waals surface area (Å²) in [6, 6.07) is 8.17. The Kier molecular flexibility index (Phi) is 10.6. The molecule has 3 atom stereocenters. The summed E-state index contributed by atoms with van der Waals surface area (Å²) in [5, 5.41) is 12.9. The van der Waals surface area contributed by atoms with Crippen molar-refractivity contribution in [3.63, 3.8) is 0 Å². The van der Waals surface area contributed by atoms with Gasteiger partial charge in [0, 0.05) is 18.7 Å². The van der Waals surface area contributed by atoms with E-state index in [0.29, 0.717) is 0 Å². The summed E-state index contributed by atoms with van der Waals surface area (Å²) in [4.78, 5) is 0. The molecular weight excluding hydrogens is 334 g/mol. The van der Waals surface area contributed by atoms with Gasteiger partial charge >= 0.3 is 0 Å². The highest BCUT2D eigenvalue weighted by atomic mass is 16.5. The molecule has 0 heterocycles. The number of benzene rings is 1. The van der Waals surface area contributed by atoms with Crippen LogP contribution in [0, 0.1) is 5.92 Å². The minimum Gasteiger partial charge on any atom is -0.392 e. The van der Waals surface area contributed by atoms with Crippen LogP contribution in [0.5, 0.6) is 0 Å². The van der Waals surface area contributed by atoms with Gasteiger partial charge < -0.3 is 15.2 Å². The number of nitrogens with one attached hydrogen (secondary N) is 1. The molecule has 3 nitrogen and oxygen atoms in total. The van der Waals surface area contributed by atoms with Crippen molar-refractivity contribution in [1.29, 1.82) is 0 Å². The zero-order valence-electron chi connectivity index (χ0n) is 18.6. The van der Waals surface area contributed by atoms with Gasteiger partial charge in [0.25, 0.3) is 0 Å². The monoisotopic (exact) mass is 377 g/mol. The maximum atomic E-state index is 9.16. The van der Waals surface area contributed by atoms with Crippen molar-refractivity contribution in [2.75, 3.05) is 6.61 Å². The Morgan fingerprint density at radius 3 is 2.15 bits per heavy atom. The molecule has 27 heavy (non-hydrogen) atoms. The third-order valence-corrected chi connectivity index (χ3v) is 6.42. The predicted molar refractivity (Wildman–Crippen MR) is 116 cm³/mol. The van der Waals surface area contributed by atoms with Gasteiger partial charge in [0.15, 0.2) is 0 Å². The first-order chi connectivity index (χ1) is 12.8. The molecular formula is C24H43NO2. The largest absolute Gasteiger partial charge is 0.392 e. The number of ether oxygens (including phenoxy) is 1. The van der Waals surface area contributed by atoms with Crippen molar-refractivity contribution >= 4 is 0 Å². The van der Waals surface area contributed by atoms with Crippen LogP contribution in [0.2, 0.25) is 0 Å². The van der Waals surface area contributed by atoms with Crippen LogP contribution >= 0.6 is 0 Å². The molecule has 2 N–H and O–H groups in total. The number of hydrogen-bond donors (Lipinski definition) is 2. The van der Waals surface area contributed by atoms with E-state index in [-0.39, 0.29) is 17.7 Å². The van der Waals surface area contributed by atoms with Crippen molar-refractivity contribution < 1.29 is 9.84 Å². The number of rotatable bonds is 14. The molecule has 0 amide bonds. The smallest absolute Gasteiger partial charge is 0.0681 e. The van der Waals surface area contributed by atoms with E-state index in [4.69, 9.17) is 9.84 Å². The van der Waals surface area contributed by atoms with E-state index in [1.807, 2.05) is 12.1 Å². The lowest BCUT2D eigenvalue weighted by Gasteiger charge is -2.34. The van der Waals surface area contributed by atoms with Crippen molar-refractivity contribution in [2.45, 2.75) is 104 Å². The summed E-state index contributed by atoms with van der Waals surface area (Å²) in [7, 11) is 0. The summed E-state index contributed by atoms with van der Waals surface area (Å²) in [5.74, 6) is 0.777. The van der Waals surface area contributed by atoms with Crippen LogP contribution in [0.15, 0.2) is 24.3 Å². The second-order valence-corrected chi connectivity index (χ2v) is 8.70. The topological polar surface area (TPSA) is 41.5 Å². The van der Waals surface area contributed by atoms with Crippen LogP contribution in [-0.2, 0) is 17.9 Å². The van der Waals surface area contributed by atoms with Gasteiger partial charge in [-0.1, -0.05) is 58.4 Å². The molecule has 1 aromatic rings. The van der Waals surface area contributed by atoms with Crippen LogP contribution < -0.4 is 5.32 Å². The minimum atomic E-state index is -0.00178. The Morgan fingerprint density at radius 2 is 1.63 bits per heavy atom. The maximum absolute atomic E-state index is 9.16. The lowest BCUT2D eigenvalue weighted by Crippen LogP contribution is -2.43. The second kappa shape index (κ2) is 11.8. The lowest BCUT2D eigenvalue weighted by atomic mass is 9.90. The number of aliphatic hydroxyl groups excluding tert-OH is 1. The van der Waals surface area contributed by atoms with E-state index < -0.39 is 0 Å². The van der Waals surface area contributed by atoms with Crippen LogP contribution in [0.25, 0.3) is 0 Å².